The zero-order chi connectivity index (χ0) is 22.0. The van der Waals surface area contributed by atoms with Crippen LogP contribution in [0.4, 0.5) is 5.00 Å². The number of hydrogen-bond donors (Lipinski definition) is 2. The molecule has 1 aromatic carbocycles. The highest BCUT2D eigenvalue weighted by atomic mass is 32.1. The second kappa shape index (κ2) is 8.91. The lowest BCUT2D eigenvalue weighted by molar-refractivity contribution is -0.119. The van der Waals surface area contributed by atoms with Crippen molar-refractivity contribution in [2.24, 2.45) is 5.73 Å². The largest absolute Gasteiger partial charge is 0.450 e. The van der Waals surface area contributed by atoms with Crippen molar-refractivity contribution in [3.05, 3.63) is 51.6 Å². The predicted octanol–water partition coefficient (Wildman–Crippen LogP) is 3.41. The first kappa shape index (κ1) is 21.1. The van der Waals surface area contributed by atoms with Crippen molar-refractivity contribution < 1.29 is 28.3 Å². The molecular formula is C22H22N2O6S. The van der Waals surface area contributed by atoms with Crippen LogP contribution in [0.15, 0.2) is 28.7 Å². The highest BCUT2D eigenvalue weighted by Gasteiger charge is 2.26. The number of carbonyl (C=O) groups excluding carboxylic acids is 3. The summed E-state index contributed by atoms with van der Waals surface area (Å²) in [5, 5.41) is 3.82. The fourth-order valence-electron chi connectivity index (χ4n) is 3.83. The third kappa shape index (κ3) is 4.19. The molecule has 0 spiro atoms. The quantitative estimate of drug-likeness (QED) is 0.541. The van der Waals surface area contributed by atoms with Gasteiger partial charge in [-0.25, -0.2) is 4.79 Å². The molecule has 2 heterocycles. The highest BCUT2D eigenvalue weighted by molar-refractivity contribution is 7.17. The molecule has 9 heteroatoms. The van der Waals surface area contributed by atoms with E-state index in [1.54, 1.807) is 12.1 Å². The summed E-state index contributed by atoms with van der Waals surface area (Å²) in [6.45, 7) is -0.362. The Hall–Kier alpha value is -3.17. The summed E-state index contributed by atoms with van der Waals surface area (Å²) < 4.78 is 16.0. The SMILES string of the molecule is COCc1c(C(=O)OCC(=O)Nc2sc3c(c2C(N)=O)CCCC3)oc2ccccc12. The van der Waals surface area contributed by atoms with Gasteiger partial charge in [-0.1, -0.05) is 18.2 Å². The minimum absolute atomic E-state index is 0.000243. The van der Waals surface area contributed by atoms with E-state index in [-0.39, 0.29) is 12.4 Å². The number of ether oxygens (including phenoxy) is 2. The van der Waals surface area contributed by atoms with Crippen LogP contribution in [0.5, 0.6) is 0 Å². The summed E-state index contributed by atoms with van der Waals surface area (Å²) >= 11 is 1.35. The number of rotatable bonds is 7. The first-order chi connectivity index (χ1) is 15.0. The number of para-hydroxylation sites is 1. The summed E-state index contributed by atoms with van der Waals surface area (Å²) in [5.41, 5.74) is 7.91. The number of methoxy groups -OCH3 is 1. The normalized spacial score (nSPS) is 13.1. The number of primary amides is 1. The number of hydrogen-bond acceptors (Lipinski definition) is 7. The third-order valence-electron chi connectivity index (χ3n) is 5.18. The van der Waals surface area contributed by atoms with Crippen molar-refractivity contribution in [1.82, 2.24) is 0 Å². The van der Waals surface area contributed by atoms with Crippen LogP contribution in [0.3, 0.4) is 0 Å². The number of esters is 1. The van der Waals surface area contributed by atoms with Crippen LogP contribution in [0.1, 0.15) is 49.8 Å². The van der Waals surface area contributed by atoms with Gasteiger partial charge >= 0.3 is 5.97 Å². The summed E-state index contributed by atoms with van der Waals surface area (Å²) in [4.78, 5) is 38.0. The number of anilines is 1. The minimum Gasteiger partial charge on any atom is -0.450 e. The maximum Gasteiger partial charge on any atom is 0.375 e. The Morgan fingerprint density at radius 1 is 1.19 bits per heavy atom. The van der Waals surface area contributed by atoms with Crippen LogP contribution in [0.25, 0.3) is 11.0 Å². The Kier molecular flexibility index (Phi) is 6.06. The molecule has 1 aliphatic rings. The van der Waals surface area contributed by atoms with E-state index in [1.165, 1.54) is 18.4 Å². The first-order valence-electron chi connectivity index (χ1n) is 9.90. The molecule has 31 heavy (non-hydrogen) atoms. The van der Waals surface area contributed by atoms with Crippen LogP contribution in [-0.4, -0.2) is 31.5 Å². The Labute approximate surface area is 182 Å². The van der Waals surface area contributed by atoms with E-state index in [1.807, 2.05) is 12.1 Å². The van der Waals surface area contributed by atoms with E-state index in [0.29, 0.717) is 21.7 Å². The molecule has 0 aliphatic heterocycles. The van der Waals surface area contributed by atoms with Crippen molar-refractivity contribution in [3.8, 4) is 0 Å². The van der Waals surface area contributed by atoms with Crippen LogP contribution < -0.4 is 11.1 Å². The van der Waals surface area contributed by atoms with Crippen molar-refractivity contribution in [2.45, 2.75) is 32.3 Å². The van der Waals surface area contributed by atoms with E-state index in [2.05, 4.69) is 5.32 Å². The molecule has 3 aromatic rings. The average molecular weight is 442 g/mol. The molecule has 2 aromatic heterocycles. The van der Waals surface area contributed by atoms with Crippen LogP contribution >= 0.6 is 11.3 Å². The molecule has 0 atom stereocenters. The van der Waals surface area contributed by atoms with Gasteiger partial charge in [-0.15, -0.1) is 11.3 Å². The zero-order valence-corrected chi connectivity index (χ0v) is 17.8. The van der Waals surface area contributed by atoms with Gasteiger partial charge in [-0.2, -0.15) is 0 Å². The standard InChI is InChI=1S/C22H22N2O6S/c1-28-10-14-12-6-2-4-8-15(12)30-19(14)22(27)29-11-17(25)24-21-18(20(23)26)13-7-3-5-9-16(13)31-21/h2,4,6,8H,3,5,7,9-11H2,1H3,(H2,23,26)(H,24,25). The number of amides is 2. The van der Waals surface area contributed by atoms with Gasteiger partial charge in [-0.05, 0) is 37.3 Å². The molecule has 2 amide bonds. The highest BCUT2D eigenvalue weighted by Crippen LogP contribution is 2.37. The van der Waals surface area contributed by atoms with Gasteiger partial charge in [-0.3, -0.25) is 9.59 Å². The summed E-state index contributed by atoms with van der Waals surface area (Å²) in [6, 6.07) is 7.18. The predicted molar refractivity (Wildman–Crippen MR) is 115 cm³/mol. The van der Waals surface area contributed by atoms with Gasteiger partial charge in [0.05, 0.1) is 12.2 Å². The van der Waals surface area contributed by atoms with Crippen molar-refractivity contribution in [1.29, 1.82) is 0 Å². The Balaban J connectivity index is 1.47. The molecule has 0 bridgehead atoms. The molecule has 162 valence electrons. The van der Waals surface area contributed by atoms with E-state index in [0.717, 1.165) is 41.5 Å². The van der Waals surface area contributed by atoms with Crippen LogP contribution in [0, 0.1) is 0 Å². The maximum absolute atomic E-state index is 12.6. The Bertz CT molecular complexity index is 1160. The van der Waals surface area contributed by atoms with Gasteiger partial charge in [0.1, 0.15) is 10.6 Å². The number of benzene rings is 1. The fourth-order valence-corrected chi connectivity index (χ4v) is 5.14. The second-order valence-electron chi connectivity index (χ2n) is 7.24. The molecular weight excluding hydrogens is 420 g/mol. The molecule has 0 unspecified atom stereocenters. The number of nitrogens with one attached hydrogen (secondary N) is 1. The van der Waals surface area contributed by atoms with E-state index in [4.69, 9.17) is 19.6 Å². The molecule has 4 rings (SSSR count). The zero-order valence-electron chi connectivity index (χ0n) is 17.0. The number of nitrogens with two attached hydrogens (primary N) is 1. The molecule has 8 nitrogen and oxygen atoms in total. The molecule has 0 saturated carbocycles. The third-order valence-corrected chi connectivity index (χ3v) is 6.38. The van der Waals surface area contributed by atoms with Gasteiger partial charge in [0, 0.05) is 22.9 Å². The first-order valence-corrected chi connectivity index (χ1v) is 10.7. The molecule has 3 N–H and O–H groups in total. The Morgan fingerprint density at radius 3 is 2.74 bits per heavy atom. The molecule has 0 saturated heterocycles. The number of carbonyl (C=O) groups is 3. The van der Waals surface area contributed by atoms with E-state index in [9.17, 15) is 14.4 Å². The smallest absolute Gasteiger partial charge is 0.375 e. The van der Waals surface area contributed by atoms with Gasteiger partial charge < -0.3 is 24.9 Å². The molecule has 1 aliphatic carbocycles. The van der Waals surface area contributed by atoms with Crippen LogP contribution in [-0.2, 0) is 33.7 Å². The van der Waals surface area contributed by atoms with E-state index >= 15 is 0 Å². The lowest BCUT2D eigenvalue weighted by Gasteiger charge is -2.11. The second-order valence-corrected chi connectivity index (χ2v) is 8.35. The molecule has 0 radical (unpaired) electrons. The number of furan rings is 1. The fraction of sp³-hybridized carbons (Fsp3) is 0.318. The molecule has 0 fully saturated rings. The number of fused-ring (bicyclic) bond motifs is 2. The number of thiophene rings is 1. The summed E-state index contributed by atoms with van der Waals surface area (Å²) in [5.74, 6) is -1.89. The average Bonchev–Trinajstić information content (AvgIpc) is 3.30. The Morgan fingerprint density at radius 2 is 1.97 bits per heavy atom. The maximum atomic E-state index is 12.6. The van der Waals surface area contributed by atoms with Crippen LogP contribution in [0.2, 0.25) is 0 Å². The van der Waals surface area contributed by atoms with Gasteiger partial charge in [0.25, 0.3) is 11.8 Å². The number of aryl methyl sites for hydroxylation is 1. The van der Waals surface area contributed by atoms with Gasteiger partial charge in [0.15, 0.2) is 6.61 Å². The van der Waals surface area contributed by atoms with Gasteiger partial charge in [0.2, 0.25) is 5.76 Å². The minimum atomic E-state index is -0.765. The lowest BCUT2D eigenvalue weighted by atomic mass is 9.95. The lowest BCUT2D eigenvalue weighted by Crippen LogP contribution is -2.23. The summed E-state index contributed by atoms with van der Waals surface area (Å²) in [6.07, 6.45) is 3.65. The van der Waals surface area contributed by atoms with E-state index < -0.39 is 24.4 Å². The summed E-state index contributed by atoms with van der Waals surface area (Å²) in [7, 11) is 1.52. The van der Waals surface area contributed by atoms with Crippen molar-refractivity contribution in [2.75, 3.05) is 19.0 Å². The van der Waals surface area contributed by atoms with Crippen molar-refractivity contribution >= 4 is 45.1 Å². The monoisotopic (exact) mass is 442 g/mol. The van der Waals surface area contributed by atoms with Crippen molar-refractivity contribution in [3.63, 3.8) is 0 Å². The topological polar surface area (TPSA) is 121 Å².